The Kier molecular flexibility index (Phi) is 5.17. The van der Waals surface area contributed by atoms with Gasteiger partial charge in [-0.3, -0.25) is 9.59 Å². The van der Waals surface area contributed by atoms with Crippen LogP contribution in [0.2, 0.25) is 0 Å². The standard InChI is InChI=1S/C14H21N3O3/c18-13(19)11-17-9-4-5-12(17)14(20)15-6-10-16-7-2-1-3-8-16/h4-5,9H,1-3,6-8,10-11H2,(H,15,20)(H,18,19). The smallest absolute Gasteiger partial charge is 0.323 e. The van der Waals surface area contributed by atoms with E-state index in [1.807, 2.05) is 0 Å². The fraction of sp³-hybridized carbons (Fsp3) is 0.571. The third-order valence-corrected chi connectivity index (χ3v) is 3.53. The van der Waals surface area contributed by atoms with Gasteiger partial charge in [-0.2, -0.15) is 0 Å². The van der Waals surface area contributed by atoms with Gasteiger partial charge in [0.1, 0.15) is 12.2 Å². The number of aromatic nitrogens is 1. The molecule has 1 fully saturated rings. The third kappa shape index (κ3) is 4.09. The molecule has 2 N–H and O–H groups in total. The molecule has 1 aromatic rings. The number of carboxylic acids is 1. The van der Waals surface area contributed by atoms with Crippen molar-refractivity contribution in [2.75, 3.05) is 26.2 Å². The normalized spacial score (nSPS) is 16.0. The highest BCUT2D eigenvalue weighted by Gasteiger charge is 2.13. The summed E-state index contributed by atoms with van der Waals surface area (Å²) in [6.45, 7) is 3.46. The topological polar surface area (TPSA) is 74.6 Å². The number of nitrogens with one attached hydrogen (secondary N) is 1. The van der Waals surface area contributed by atoms with Gasteiger partial charge in [-0.25, -0.2) is 0 Å². The molecule has 0 atom stereocenters. The van der Waals surface area contributed by atoms with Crippen LogP contribution < -0.4 is 5.32 Å². The summed E-state index contributed by atoms with van der Waals surface area (Å²) in [4.78, 5) is 25.1. The van der Waals surface area contributed by atoms with Crippen LogP contribution in [0.4, 0.5) is 0 Å². The van der Waals surface area contributed by atoms with Crippen molar-refractivity contribution >= 4 is 11.9 Å². The predicted octanol–water partition coefficient (Wildman–Crippen LogP) is 0.788. The molecular weight excluding hydrogens is 258 g/mol. The zero-order chi connectivity index (χ0) is 14.4. The summed E-state index contributed by atoms with van der Waals surface area (Å²) in [5, 5.41) is 11.6. The van der Waals surface area contributed by atoms with Crippen LogP contribution >= 0.6 is 0 Å². The lowest BCUT2D eigenvalue weighted by molar-refractivity contribution is -0.137. The van der Waals surface area contributed by atoms with Crippen molar-refractivity contribution in [3.05, 3.63) is 24.0 Å². The maximum atomic E-state index is 12.0. The molecule has 1 aliphatic rings. The van der Waals surface area contributed by atoms with E-state index >= 15 is 0 Å². The summed E-state index contributed by atoms with van der Waals surface area (Å²) < 4.78 is 1.44. The van der Waals surface area contributed by atoms with Gasteiger partial charge in [-0.1, -0.05) is 6.42 Å². The van der Waals surface area contributed by atoms with Crippen molar-refractivity contribution in [1.82, 2.24) is 14.8 Å². The minimum atomic E-state index is -0.955. The molecule has 110 valence electrons. The Morgan fingerprint density at radius 2 is 2.00 bits per heavy atom. The number of nitrogens with zero attached hydrogens (tertiary/aromatic N) is 2. The first-order chi connectivity index (χ1) is 9.66. The fourth-order valence-corrected chi connectivity index (χ4v) is 2.50. The average Bonchev–Trinajstić information content (AvgIpc) is 2.87. The molecule has 0 saturated carbocycles. The SMILES string of the molecule is O=C(O)Cn1cccc1C(=O)NCCN1CCCCC1. The second-order valence-electron chi connectivity index (χ2n) is 5.07. The molecule has 0 aromatic carbocycles. The largest absolute Gasteiger partial charge is 0.480 e. The highest BCUT2D eigenvalue weighted by atomic mass is 16.4. The van der Waals surface area contributed by atoms with Crippen LogP contribution in [0.1, 0.15) is 29.8 Å². The van der Waals surface area contributed by atoms with Crippen LogP contribution in [-0.2, 0) is 11.3 Å². The molecule has 2 rings (SSSR count). The Morgan fingerprint density at radius 1 is 1.25 bits per heavy atom. The maximum Gasteiger partial charge on any atom is 0.323 e. The van der Waals surface area contributed by atoms with Gasteiger partial charge in [0.2, 0.25) is 0 Å². The molecule has 0 bridgehead atoms. The quantitative estimate of drug-likeness (QED) is 0.807. The van der Waals surface area contributed by atoms with Crippen LogP contribution in [0.15, 0.2) is 18.3 Å². The van der Waals surface area contributed by atoms with Crippen LogP contribution in [-0.4, -0.2) is 52.6 Å². The number of amides is 1. The molecule has 0 spiro atoms. The van der Waals surface area contributed by atoms with E-state index in [9.17, 15) is 9.59 Å². The van der Waals surface area contributed by atoms with E-state index in [4.69, 9.17) is 5.11 Å². The summed E-state index contributed by atoms with van der Waals surface area (Å²) in [5.41, 5.74) is 0.394. The molecule has 1 aromatic heterocycles. The Balaban J connectivity index is 1.79. The van der Waals surface area contributed by atoms with Crippen LogP contribution in [0.5, 0.6) is 0 Å². The molecule has 6 nitrogen and oxygen atoms in total. The van der Waals surface area contributed by atoms with Gasteiger partial charge >= 0.3 is 5.97 Å². The molecule has 2 heterocycles. The monoisotopic (exact) mass is 279 g/mol. The molecule has 1 amide bonds. The highest BCUT2D eigenvalue weighted by Crippen LogP contribution is 2.07. The third-order valence-electron chi connectivity index (χ3n) is 3.53. The molecule has 1 saturated heterocycles. The van der Waals surface area contributed by atoms with Crippen LogP contribution in [0.25, 0.3) is 0 Å². The second kappa shape index (κ2) is 7.09. The molecule has 1 aliphatic heterocycles. The number of piperidine rings is 1. The average molecular weight is 279 g/mol. The fourth-order valence-electron chi connectivity index (χ4n) is 2.50. The van der Waals surface area contributed by atoms with Gasteiger partial charge in [0, 0.05) is 19.3 Å². The summed E-state index contributed by atoms with van der Waals surface area (Å²) in [5.74, 6) is -1.17. The zero-order valence-electron chi connectivity index (χ0n) is 11.5. The molecule has 20 heavy (non-hydrogen) atoms. The summed E-state index contributed by atoms with van der Waals surface area (Å²) in [6.07, 6.45) is 5.37. The van der Waals surface area contributed by atoms with E-state index in [2.05, 4.69) is 10.2 Å². The molecule has 0 aliphatic carbocycles. The number of carboxylic acid groups (broad SMARTS) is 1. The van der Waals surface area contributed by atoms with E-state index in [1.165, 1.54) is 23.8 Å². The Labute approximate surface area is 118 Å². The van der Waals surface area contributed by atoms with E-state index in [0.29, 0.717) is 12.2 Å². The second-order valence-corrected chi connectivity index (χ2v) is 5.07. The lowest BCUT2D eigenvalue weighted by Crippen LogP contribution is -2.38. The van der Waals surface area contributed by atoms with E-state index in [1.54, 1.807) is 18.3 Å². The van der Waals surface area contributed by atoms with Crippen molar-refractivity contribution in [2.24, 2.45) is 0 Å². The molecule has 0 unspecified atom stereocenters. The van der Waals surface area contributed by atoms with E-state index in [-0.39, 0.29) is 12.5 Å². The lowest BCUT2D eigenvalue weighted by atomic mass is 10.1. The lowest BCUT2D eigenvalue weighted by Gasteiger charge is -2.26. The van der Waals surface area contributed by atoms with Gasteiger partial charge in [-0.15, -0.1) is 0 Å². The summed E-state index contributed by atoms with van der Waals surface area (Å²) in [7, 11) is 0. The van der Waals surface area contributed by atoms with Crippen molar-refractivity contribution in [2.45, 2.75) is 25.8 Å². The number of likely N-dealkylation sites (tertiary alicyclic amines) is 1. The number of hydrogen-bond acceptors (Lipinski definition) is 3. The number of hydrogen-bond donors (Lipinski definition) is 2. The zero-order valence-corrected chi connectivity index (χ0v) is 11.5. The predicted molar refractivity (Wildman–Crippen MR) is 74.7 cm³/mol. The number of carbonyl (C=O) groups excluding carboxylic acids is 1. The van der Waals surface area contributed by atoms with Gasteiger partial charge in [-0.05, 0) is 38.1 Å². The van der Waals surface area contributed by atoms with E-state index in [0.717, 1.165) is 19.6 Å². The summed E-state index contributed by atoms with van der Waals surface area (Å²) in [6, 6.07) is 3.32. The minimum absolute atomic E-state index is 0.193. The van der Waals surface area contributed by atoms with E-state index < -0.39 is 5.97 Å². The maximum absolute atomic E-state index is 12.0. The van der Waals surface area contributed by atoms with Crippen molar-refractivity contribution in [1.29, 1.82) is 0 Å². The van der Waals surface area contributed by atoms with Crippen molar-refractivity contribution in [3.8, 4) is 0 Å². The molecule has 0 radical (unpaired) electrons. The minimum Gasteiger partial charge on any atom is -0.480 e. The van der Waals surface area contributed by atoms with Gasteiger partial charge in [0.15, 0.2) is 0 Å². The first kappa shape index (κ1) is 14.6. The van der Waals surface area contributed by atoms with Crippen molar-refractivity contribution < 1.29 is 14.7 Å². The first-order valence-corrected chi connectivity index (χ1v) is 7.04. The van der Waals surface area contributed by atoms with Crippen LogP contribution in [0.3, 0.4) is 0 Å². The molecule has 6 heteroatoms. The number of carbonyl (C=O) groups is 2. The van der Waals surface area contributed by atoms with Crippen LogP contribution in [0, 0.1) is 0 Å². The summed E-state index contributed by atoms with van der Waals surface area (Å²) >= 11 is 0. The number of aliphatic carboxylic acids is 1. The van der Waals surface area contributed by atoms with Crippen molar-refractivity contribution in [3.63, 3.8) is 0 Å². The Morgan fingerprint density at radius 3 is 2.70 bits per heavy atom. The van der Waals surface area contributed by atoms with Gasteiger partial charge < -0.3 is 19.9 Å². The highest BCUT2D eigenvalue weighted by molar-refractivity contribution is 5.93. The Bertz CT molecular complexity index is 464. The van der Waals surface area contributed by atoms with Gasteiger partial charge in [0.25, 0.3) is 5.91 Å². The number of rotatable bonds is 6. The first-order valence-electron chi connectivity index (χ1n) is 7.04. The van der Waals surface area contributed by atoms with Gasteiger partial charge in [0.05, 0.1) is 0 Å². The molecular formula is C14H21N3O3. The Hall–Kier alpha value is -1.82.